The minimum atomic E-state index is 0.765. The molecule has 5 heteroatoms. The molecule has 2 aromatic heterocycles. The number of nitrogens with one attached hydrogen (secondary N) is 2. The topological polar surface area (TPSA) is 58.5 Å². The third-order valence-electron chi connectivity index (χ3n) is 3.40. The number of hydrogen-bond donors (Lipinski definition) is 2. The van der Waals surface area contributed by atoms with Gasteiger partial charge in [0.25, 0.3) is 0 Å². The van der Waals surface area contributed by atoms with Crippen molar-refractivity contribution in [3.63, 3.8) is 0 Å². The summed E-state index contributed by atoms with van der Waals surface area (Å²) in [7, 11) is 0. The van der Waals surface area contributed by atoms with E-state index in [1.54, 1.807) is 12.5 Å². The van der Waals surface area contributed by atoms with Crippen LogP contribution in [0.1, 0.15) is 17.0 Å². The van der Waals surface area contributed by atoms with Crippen molar-refractivity contribution >= 4 is 5.69 Å². The highest BCUT2D eigenvalue weighted by Crippen LogP contribution is 2.17. The Labute approximate surface area is 117 Å². The normalized spacial score (nSPS) is 10.7. The van der Waals surface area contributed by atoms with E-state index in [9.17, 15) is 0 Å². The van der Waals surface area contributed by atoms with Gasteiger partial charge in [-0.2, -0.15) is 5.10 Å². The Balaban J connectivity index is 1.77. The largest absolute Gasteiger partial charge is 0.381 e. The predicted molar refractivity (Wildman–Crippen MR) is 79.0 cm³/mol. The van der Waals surface area contributed by atoms with Crippen molar-refractivity contribution in [1.29, 1.82) is 0 Å². The van der Waals surface area contributed by atoms with Crippen molar-refractivity contribution in [2.24, 2.45) is 0 Å². The van der Waals surface area contributed by atoms with Crippen molar-refractivity contribution in [3.05, 3.63) is 59.9 Å². The summed E-state index contributed by atoms with van der Waals surface area (Å²) < 4.78 is 1.99. The zero-order valence-electron chi connectivity index (χ0n) is 11.6. The summed E-state index contributed by atoms with van der Waals surface area (Å²) in [6.07, 6.45) is 5.51. The van der Waals surface area contributed by atoms with E-state index in [4.69, 9.17) is 0 Å². The Morgan fingerprint density at radius 3 is 2.90 bits per heavy atom. The molecule has 20 heavy (non-hydrogen) atoms. The minimum Gasteiger partial charge on any atom is -0.381 e. The van der Waals surface area contributed by atoms with E-state index >= 15 is 0 Å². The molecule has 3 aromatic rings. The lowest BCUT2D eigenvalue weighted by Gasteiger charge is -2.09. The van der Waals surface area contributed by atoms with E-state index in [0.29, 0.717) is 0 Å². The van der Waals surface area contributed by atoms with Crippen LogP contribution in [0.15, 0.2) is 43.0 Å². The molecular formula is C15H17N5. The number of nitrogens with zero attached hydrogens (tertiary/aromatic N) is 3. The SMILES string of the molecule is Cc1n[nH]c(C)c1CNc1cccc(-n2ccnc2)c1. The molecule has 0 aliphatic heterocycles. The summed E-state index contributed by atoms with van der Waals surface area (Å²) in [5, 5.41) is 10.7. The lowest BCUT2D eigenvalue weighted by Crippen LogP contribution is -2.02. The number of benzene rings is 1. The summed E-state index contributed by atoms with van der Waals surface area (Å²) in [5.41, 5.74) is 5.55. The van der Waals surface area contributed by atoms with Gasteiger partial charge < -0.3 is 9.88 Å². The van der Waals surface area contributed by atoms with E-state index in [2.05, 4.69) is 38.7 Å². The lowest BCUT2D eigenvalue weighted by molar-refractivity contribution is 1.02. The molecule has 5 nitrogen and oxygen atoms in total. The van der Waals surface area contributed by atoms with Crippen LogP contribution in [0.5, 0.6) is 0 Å². The molecule has 0 bridgehead atoms. The van der Waals surface area contributed by atoms with Gasteiger partial charge in [-0.3, -0.25) is 5.10 Å². The standard InChI is InChI=1S/C15H17N5/c1-11-15(12(2)19-18-11)9-17-13-4-3-5-14(8-13)20-7-6-16-10-20/h3-8,10,17H,9H2,1-2H3,(H,18,19). The fourth-order valence-electron chi connectivity index (χ4n) is 2.21. The Kier molecular flexibility index (Phi) is 3.25. The molecule has 0 unspecified atom stereocenters. The zero-order valence-corrected chi connectivity index (χ0v) is 11.6. The van der Waals surface area contributed by atoms with Crippen LogP contribution in [0.3, 0.4) is 0 Å². The van der Waals surface area contributed by atoms with Gasteiger partial charge in [0.2, 0.25) is 0 Å². The summed E-state index contributed by atoms with van der Waals surface area (Å²) in [4.78, 5) is 4.07. The molecule has 0 saturated carbocycles. The maximum absolute atomic E-state index is 4.21. The first-order valence-corrected chi connectivity index (χ1v) is 6.57. The van der Waals surface area contributed by atoms with Crippen LogP contribution in [0.25, 0.3) is 5.69 Å². The predicted octanol–water partition coefficient (Wildman–Crippen LogP) is 2.82. The third kappa shape index (κ3) is 2.42. The first-order chi connectivity index (χ1) is 9.74. The summed E-state index contributed by atoms with van der Waals surface area (Å²) in [6.45, 7) is 4.82. The van der Waals surface area contributed by atoms with Crippen molar-refractivity contribution in [1.82, 2.24) is 19.7 Å². The highest BCUT2D eigenvalue weighted by Gasteiger charge is 2.06. The smallest absolute Gasteiger partial charge is 0.0991 e. The molecule has 0 spiro atoms. The van der Waals surface area contributed by atoms with Gasteiger partial charge in [-0.1, -0.05) is 6.07 Å². The Bertz CT molecular complexity index is 677. The molecule has 0 aliphatic rings. The third-order valence-corrected chi connectivity index (χ3v) is 3.40. The van der Waals surface area contributed by atoms with Crippen LogP contribution in [0, 0.1) is 13.8 Å². The first kappa shape index (κ1) is 12.5. The van der Waals surface area contributed by atoms with Crippen molar-refractivity contribution < 1.29 is 0 Å². The molecule has 3 rings (SSSR count). The van der Waals surface area contributed by atoms with E-state index in [1.807, 2.05) is 30.7 Å². The second-order valence-corrected chi connectivity index (χ2v) is 4.79. The zero-order chi connectivity index (χ0) is 13.9. The van der Waals surface area contributed by atoms with Crippen LogP contribution in [-0.2, 0) is 6.54 Å². The molecule has 2 heterocycles. The van der Waals surface area contributed by atoms with Gasteiger partial charge in [0.1, 0.15) is 0 Å². The van der Waals surface area contributed by atoms with Gasteiger partial charge in [0.05, 0.1) is 12.0 Å². The van der Waals surface area contributed by atoms with Gasteiger partial charge in [-0.25, -0.2) is 4.98 Å². The molecule has 0 fully saturated rings. The van der Waals surface area contributed by atoms with Crippen LogP contribution in [0.2, 0.25) is 0 Å². The van der Waals surface area contributed by atoms with Gasteiger partial charge >= 0.3 is 0 Å². The van der Waals surface area contributed by atoms with Gasteiger partial charge in [-0.15, -0.1) is 0 Å². The van der Waals surface area contributed by atoms with Crippen molar-refractivity contribution in [3.8, 4) is 5.69 Å². The van der Waals surface area contributed by atoms with Crippen LogP contribution >= 0.6 is 0 Å². The van der Waals surface area contributed by atoms with Gasteiger partial charge in [0.15, 0.2) is 0 Å². The number of H-pyrrole nitrogens is 1. The van der Waals surface area contributed by atoms with Crippen molar-refractivity contribution in [2.75, 3.05) is 5.32 Å². The molecule has 0 saturated heterocycles. The van der Waals surface area contributed by atoms with E-state index in [1.165, 1.54) is 5.56 Å². The minimum absolute atomic E-state index is 0.765. The summed E-state index contributed by atoms with van der Waals surface area (Å²) >= 11 is 0. The average Bonchev–Trinajstić information content (AvgIpc) is 3.09. The van der Waals surface area contributed by atoms with Crippen LogP contribution < -0.4 is 5.32 Å². The quantitative estimate of drug-likeness (QED) is 0.764. The first-order valence-electron chi connectivity index (χ1n) is 6.57. The molecule has 0 atom stereocenters. The number of aromatic nitrogens is 4. The highest BCUT2D eigenvalue weighted by atomic mass is 15.1. The number of anilines is 1. The molecule has 0 radical (unpaired) electrons. The molecule has 102 valence electrons. The lowest BCUT2D eigenvalue weighted by atomic mass is 10.2. The highest BCUT2D eigenvalue weighted by molar-refractivity contribution is 5.51. The molecule has 1 aromatic carbocycles. The van der Waals surface area contributed by atoms with E-state index < -0.39 is 0 Å². The maximum atomic E-state index is 4.21. The second kappa shape index (κ2) is 5.21. The fourth-order valence-corrected chi connectivity index (χ4v) is 2.21. The number of rotatable bonds is 4. The van der Waals surface area contributed by atoms with Gasteiger partial charge in [0, 0.05) is 41.6 Å². The van der Waals surface area contributed by atoms with Crippen LogP contribution in [0.4, 0.5) is 5.69 Å². The number of imidazole rings is 1. The van der Waals surface area contributed by atoms with E-state index in [-0.39, 0.29) is 0 Å². The Morgan fingerprint density at radius 1 is 1.30 bits per heavy atom. The molecule has 0 aliphatic carbocycles. The second-order valence-electron chi connectivity index (χ2n) is 4.79. The number of aromatic amines is 1. The van der Waals surface area contributed by atoms with Gasteiger partial charge in [-0.05, 0) is 32.0 Å². The fraction of sp³-hybridized carbons (Fsp3) is 0.200. The number of hydrogen-bond acceptors (Lipinski definition) is 3. The average molecular weight is 267 g/mol. The number of aryl methyl sites for hydroxylation is 2. The maximum Gasteiger partial charge on any atom is 0.0991 e. The molecule has 0 amide bonds. The Hall–Kier alpha value is -2.56. The summed E-state index contributed by atoms with van der Waals surface area (Å²) in [6, 6.07) is 8.26. The van der Waals surface area contributed by atoms with E-state index in [0.717, 1.165) is 29.3 Å². The van der Waals surface area contributed by atoms with Crippen molar-refractivity contribution in [2.45, 2.75) is 20.4 Å². The molecule has 2 N–H and O–H groups in total. The monoisotopic (exact) mass is 267 g/mol. The van der Waals surface area contributed by atoms with Crippen LogP contribution in [-0.4, -0.2) is 19.7 Å². The Morgan fingerprint density at radius 2 is 2.20 bits per heavy atom. The molecular weight excluding hydrogens is 250 g/mol. The summed E-state index contributed by atoms with van der Waals surface area (Å²) in [5.74, 6) is 0.